The van der Waals surface area contributed by atoms with Gasteiger partial charge in [-0.15, -0.1) is 0 Å². The number of hydrogen-bond acceptors (Lipinski definition) is 3. The molecule has 1 unspecified atom stereocenters. The van der Waals surface area contributed by atoms with Gasteiger partial charge in [-0.3, -0.25) is 9.59 Å². The Kier molecular flexibility index (Phi) is 4.83. The number of carbonyl (C=O) groups excluding carboxylic acids is 2. The van der Waals surface area contributed by atoms with Crippen LogP contribution in [0.3, 0.4) is 0 Å². The SMILES string of the molecule is CCC1(C(=O)Nc2ccc(OC)cc2)CCCCC(=O)N1. The van der Waals surface area contributed by atoms with Gasteiger partial charge in [0.1, 0.15) is 11.3 Å². The molecule has 0 saturated carbocycles. The molecule has 5 heteroatoms. The van der Waals surface area contributed by atoms with Crippen molar-refractivity contribution >= 4 is 17.5 Å². The molecular formula is C16H22N2O3. The Hall–Kier alpha value is -2.04. The van der Waals surface area contributed by atoms with E-state index in [0.29, 0.717) is 24.9 Å². The molecule has 2 amide bonds. The van der Waals surface area contributed by atoms with Crippen LogP contribution in [0.5, 0.6) is 5.75 Å². The van der Waals surface area contributed by atoms with Gasteiger partial charge >= 0.3 is 0 Å². The first-order valence-corrected chi connectivity index (χ1v) is 7.36. The van der Waals surface area contributed by atoms with E-state index in [4.69, 9.17) is 4.74 Å². The summed E-state index contributed by atoms with van der Waals surface area (Å²) in [4.78, 5) is 24.4. The molecule has 2 rings (SSSR count). The molecule has 0 aromatic heterocycles. The van der Waals surface area contributed by atoms with E-state index in [-0.39, 0.29) is 11.8 Å². The summed E-state index contributed by atoms with van der Waals surface area (Å²) >= 11 is 0. The molecule has 1 aliphatic heterocycles. The molecule has 0 bridgehead atoms. The molecule has 114 valence electrons. The average molecular weight is 290 g/mol. The molecule has 1 atom stereocenters. The normalized spacial score (nSPS) is 22.1. The number of carbonyl (C=O) groups is 2. The molecule has 0 radical (unpaired) electrons. The molecule has 1 heterocycles. The van der Waals surface area contributed by atoms with Crippen LogP contribution in [0.15, 0.2) is 24.3 Å². The van der Waals surface area contributed by atoms with Crippen LogP contribution in [0.2, 0.25) is 0 Å². The van der Waals surface area contributed by atoms with E-state index < -0.39 is 5.54 Å². The van der Waals surface area contributed by atoms with Crippen molar-refractivity contribution in [2.75, 3.05) is 12.4 Å². The van der Waals surface area contributed by atoms with Crippen LogP contribution in [0.25, 0.3) is 0 Å². The van der Waals surface area contributed by atoms with Crippen molar-refractivity contribution in [1.82, 2.24) is 5.32 Å². The summed E-state index contributed by atoms with van der Waals surface area (Å²) in [6.45, 7) is 1.93. The quantitative estimate of drug-likeness (QED) is 0.895. The van der Waals surface area contributed by atoms with E-state index >= 15 is 0 Å². The second-order valence-corrected chi connectivity index (χ2v) is 5.37. The number of benzene rings is 1. The lowest BCUT2D eigenvalue weighted by atomic mass is 9.89. The van der Waals surface area contributed by atoms with Crippen molar-refractivity contribution in [1.29, 1.82) is 0 Å². The Morgan fingerprint density at radius 3 is 2.67 bits per heavy atom. The lowest BCUT2D eigenvalue weighted by Gasteiger charge is -2.31. The molecule has 21 heavy (non-hydrogen) atoms. The molecule has 1 fully saturated rings. The average Bonchev–Trinajstić information content (AvgIpc) is 2.70. The molecule has 5 nitrogen and oxygen atoms in total. The number of methoxy groups -OCH3 is 1. The Morgan fingerprint density at radius 2 is 2.05 bits per heavy atom. The van der Waals surface area contributed by atoms with Crippen LogP contribution in [-0.2, 0) is 9.59 Å². The summed E-state index contributed by atoms with van der Waals surface area (Å²) in [5, 5.41) is 5.80. The maximum atomic E-state index is 12.6. The molecular weight excluding hydrogens is 268 g/mol. The van der Waals surface area contributed by atoms with Gasteiger partial charge in [-0.1, -0.05) is 13.3 Å². The third kappa shape index (κ3) is 3.54. The molecule has 1 aromatic carbocycles. The topological polar surface area (TPSA) is 67.4 Å². The van der Waals surface area contributed by atoms with Gasteiger partial charge in [0.15, 0.2) is 0 Å². The van der Waals surface area contributed by atoms with Crippen LogP contribution in [0, 0.1) is 0 Å². The van der Waals surface area contributed by atoms with Crippen molar-refractivity contribution in [3.63, 3.8) is 0 Å². The zero-order valence-electron chi connectivity index (χ0n) is 12.6. The lowest BCUT2D eigenvalue weighted by Crippen LogP contribution is -2.55. The number of ether oxygens (including phenoxy) is 1. The maximum Gasteiger partial charge on any atom is 0.250 e. The molecule has 1 saturated heterocycles. The van der Waals surface area contributed by atoms with E-state index in [1.807, 2.05) is 6.92 Å². The first-order chi connectivity index (χ1) is 10.1. The van der Waals surface area contributed by atoms with Crippen LogP contribution >= 0.6 is 0 Å². The smallest absolute Gasteiger partial charge is 0.250 e. The molecule has 1 aromatic rings. The Balaban J connectivity index is 2.13. The van der Waals surface area contributed by atoms with E-state index in [9.17, 15) is 9.59 Å². The van der Waals surface area contributed by atoms with Crippen LogP contribution < -0.4 is 15.4 Å². The number of amides is 2. The third-order valence-corrected chi connectivity index (χ3v) is 4.02. The summed E-state index contributed by atoms with van der Waals surface area (Å²) in [6, 6.07) is 7.16. The predicted molar refractivity (Wildman–Crippen MR) is 81.3 cm³/mol. The van der Waals surface area contributed by atoms with Gasteiger partial charge in [0, 0.05) is 12.1 Å². The van der Waals surface area contributed by atoms with E-state index in [1.54, 1.807) is 31.4 Å². The third-order valence-electron chi connectivity index (χ3n) is 4.02. The second-order valence-electron chi connectivity index (χ2n) is 5.37. The zero-order chi connectivity index (χ0) is 15.3. The number of nitrogens with one attached hydrogen (secondary N) is 2. The fourth-order valence-corrected chi connectivity index (χ4v) is 2.63. The highest BCUT2D eigenvalue weighted by Crippen LogP contribution is 2.25. The second kappa shape index (κ2) is 6.61. The monoisotopic (exact) mass is 290 g/mol. The minimum absolute atomic E-state index is 0.0424. The summed E-state index contributed by atoms with van der Waals surface area (Å²) in [7, 11) is 1.60. The summed E-state index contributed by atoms with van der Waals surface area (Å²) in [6.07, 6.45) is 3.47. The summed E-state index contributed by atoms with van der Waals surface area (Å²) in [5.41, 5.74) is -0.0971. The Bertz CT molecular complexity index is 513. The van der Waals surface area contributed by atoms with Crippen LogP contribution in [-0.4, -0.2) is 24.5 Å². The van der Waals surface area contributed by atoms with E-state index in [1.165, 1.54) is 0 Å². The highest BCUT2D eigenvalue weighted by Gasteiger charge is 2.39. The van der Waals surface area contributed by atoms with Crippen molar-refractivity contribution in [2.45, 2.75) is 44.6 Å². The minimum Gasteiger partial charge on any atom is -0.497 e. The highest BCUT2D eigenvalue weighted by molar-refractivity contribution is 6.00. The van der Waals surface area contributed by atoms with Crippen LogP contribution in [0.4, 0.5) is 5.69 Å². The van der Waals surface area contributed by atoms with Gasteiger partial charge in [-0.05, 0) is 43.5 Å². The van der Waals surface area contributed by atoms with Gasteiger partial charge in [-0.25, -0.2) is 0 Å². The minimum atomic E-state index is -0.798. The van der Waals surface area contributed by atoms with E-state index in [2.05, 4.69) is 10.6 Å². The number of rotatable bonds is 4. The van der Waals surface area contributed by atoms with Crippen molar-refractivity contribution < 1.29 is 14.3 Å². The Labute approximate surface area is 125 Å². The van der Waals surface area contributed by atoms with Crippen molar-refractivity contribution in [3.05, 3.63) is 24.3 Å². The van der Waals surface area contributed by atoms with Crippen molar-refractivity contribution in [3.8, 4) is 5.75 Å². The molecule has 0 aliphatic carbocycles. The maximum absolute atomic E-state index is 12.6. The fourth-order valence-electron chi connectivity index (χ4n) is 2.63. The first-order valence-electron chi connectivity index (χ1n) is 7.36. The van der Waals surface area contributed by atoms with Gasteiger partial charge < -0.3 is 15.4 Å². The van der Waals surface area contributed by atoms with Gasteiger partial charge in [0.05, 0.1) is 7.11 Å². The molecule has 1 aliphatic rings. The van der Waals surface area contributed by atoms with Gasteiger partial charge in [0.2, 0.25) is 11.8 Å². The summed E-state index contributed by atoms with van der Waals surface area (Å²) in [5.74, 6) is 0.547. The molecule has 0 spiro atoms. The Morgan fingerprint density at radius 1 is 1.33 bits per heavy atom. The number of anilines is 1. The van der Waals surface area contributed by atoms with Gasteiger partial charge in [-0.2, -0.15) is 0 Å². The van der Waals surface area contributed by atoms with Gasteiger partial charge in [0.25, 0.3) is 0 Å². The fraction of sp³-hybridized carbons (Fsp3) is 0.500. The summed E-state index contributed by atoms with van der Waals surface area (Å²) < 4.78 is 5.09. The van der Waals surface area contributed by atoms with Crippen molar-refractivity contribution in [2.24, 2.45) is 0 Å². The number of hydrogen-bond donors (Lipinski definition) is 2. The standard InChI is InChI=1S/C16H22N2O3/c1-3-16(11-5-4-6-14(19)18-16)15(20)17-12-7-9-13(21-2)10-8-12/h7-10H,3-6,11H2,1-2H3,(H,17,20)(H,18,19). The van der Waals surface area contributed by atoms with Crippen LogP contribution in [0.1, 0.15) is 39.0 Å². The lowest BCUT2D eigenvalue weighted by molar-refractivity contribution is -0.130. The first kappa shape index (κ1) is 15.4. The zero-order valence-corrected chi connectivity index (χ0v) is 12.6. The predicted octanol–water partition coefficient (Wildman–Crippen LogP) is 2.47. The highest BCUT2D eigenvalue weighted by atomic mass is 16.5. The largest absolute Gasteiger partial charge is 0.497 e. The molecule has 2 N–H and O–H groups in total. The van der Waals surface area contributed by atoms with E-state index in [0.717, 1.165) is 18.6 Å².